The minimum Gasteiger partial charge on any atom is -0.273 e. The molecule has 120 valence electrons. The second kappa shape index (κ2) is 8.58. The quantitative estimate of drug-likeness (QED) is 0.615. The van der Waals surface area contributed by atoms with Crippen molar-refractivity contribution in [3.63, 3.8) is 0 Å². The molecule has 0 atom stereocenters. The number of hydrogen-bond donors (Lipinski definition) is 2. The molecular formula is C16H21BrN2O2S. The predicted octanol–water partition coefficient (Wildman–Crippen LogP) is 3.58. The summed E-state index contributed by atoms with van der Waals surface area (Å²) in [6.45, 7) is 2.01. The Bertz CT molecular complexity index is 545. The number of aryl methyl sites for hydroxylation is 1. The van der Waals surface area contributed by atoms with Crippen molar-refractivity contribution >= 4 is 39.5 Å². The molecule has 1 aromatic carbocycles. The zero-order chi connectivity index (χ0) is 15.9. The van der Waals surface area contributed by atoms with Gasteiger partial charge >= 0.3 is 0 Å². The molecule has 1 aromatic rings. The first-order valence-electron chi connectivity index (χ1n) is 7.54. The van der Waals surface area contributed by atoms with Crippen molar-refractivity contribution < 1.29 is 9.59 Å². The van der Waals surface area contributed by atoms with Gasteiger partial charge in [0.25, 0.3) is 0 Å². The molecule has 0 heterocycles. The molecule has 0 radical (unpaired) electrons. The van der Waals surface area contributed by atoms with Gasteiger partial charge in [0.2, 0.25) is 11.8 Å². The normalized spacial score (nSPS) is 15.4. The molecule has 2 N–H and O–H groups in total. The zero-order valence-corrected chi connectivity index (χ0v) is 15.1. The van der Waals surface area contributed by atoms with Crippen LogP contribution < -0.4 is 10.9 Å². The Morgan fingerprint density at radius 2 is 1.95 bits per heavy atom. The van der Waals surface area contributed by atoms with E-state index < -0.39 is 0 Å². The van der Waals surface area contributed by atoms with Gasteiger partial charge in [-0.3, -0.25) is 20.4 Å². The molecule has 2 rings (SSSR count). The molecule has 0 aliphatic heterocycles. The van der Waals surface area contributed by atoms with E-state index in [1.54, 1.807) is 0 Å². The van der Waals surface area contributed by atoms with Crippen LogP contribution in [0.25, 0.3) is 0 Å². The highest BCUT2D eigenvalue weighted by molar-refractivity contribution is 9.10. The molecule has 0 saturated heterocycles. The van der Waals surface area contributed by atoms with Crippen LogP contribution in [0, 0.1) is 12.8 Å². The summed E-state index contributed by atoms with van der Waals surface area (Å²) in [7, 11) is 0. The molecule has 22 heavy (non-hydrogen) atoms. The van der Waals surface area contributed by atoms with Gasteiger partial charge in [0, 0.05) is 15.3 Å². The first kappa shape index (κ1) is 17.3. The lowest BCUT2D eigenvalue weighted by Gasteiger charge is -2.20. The van der Waals surface area contributed by atoms with Gasteiger partial charge in [-0.1, -0.05) is 35.2 Å². The highest BCUT2D eigenvalue weighted by Crippen LogP contribution is 2.25. The molecule has 0 unspecified atom stereocenters. The van der Waals surface area contributed by atoms with E-state index in [4.69, 9.17) is 0 Å². The zero-order valence-electron chi connectivity index (χ0n) is 12.7. The number of carbonyl (C=O) groups excluding carboxylic acids is 2. The average Bonchev–Trinajstić information content (AvgIpc) is 2.52. The van der Waals surface area contributed by atoms with E-state index in [-0.39, 0.29) is 23.5 Å². The Morgan fingerprint density at radius 3 is 2.64 bits per heavy atom. The molecule has 1 aliphatic carbocycles. The molecule has 1 fully saturated rings. The Morgan fingerprint density at radius 1 is 1.23 bits per heavy atom. The van der Waals surface area contributed by atoms with E-state index in [1.165, 1.54) is 18.2 Å². The summed E-state index contributed by atoms with van der Waals surface area (Å²) in [4.78, 5) is 24.8. The first-order valence-corrected chi connectivity index (χ1v) is 9.32. The average molecular weight is 385 g/mol. The number of amides is 2. The van der Waals surface area contributed by atoms with Crippen LogP contribution in [0.3, 0.4) is 0 Å². The van der Waals surface area contributed by atoms with Gasteiger partial charge in [-0.25, -0.2) is 0 Å². The van der Waals surface area contributed by atoms with Crippen LogP contribution in [0.5, 0.6) is 0 Å². The predicted molar refractivity (Wildman–Crippen MR) is 92.5 cm³/mol. The Labute approximate surface area is 143 Å². The van der Waals surface area contributed by atoms with Gasteiger partial charge in [0.15, 0.2) is 0 Å². The van der Waals surface area contributed by atoms with Crippen LogP contribution in [0.1, 0.15) is 37.7 Å². The van der Waals surface area contributed by atoms with Gasteiger partial charge in [-0.05, 0) is 43.5 Å². The lowest BCUT2D eigenvalue weighted by molar-refractivity contribution is -0.131. The number of benzene rings is 1. The Hall–Kier alpha value is -1.01. The minimum atomic E-state index is -0.184. The summed E-state index contributed by atoms with van der Waals surface area (Å²) in [6.07, 6.45) is 5.26. The second-order valence-electron chi connectivity index (χ2n) is 5.57. The summed E-state index contributed by atoms with van der Waals surface area (Å²) in [5.41, 5.74) is 6.19. The number of nitrogens with one attached hydrogen (secondary N) is 2. The molecular weight excluding hydrogens is 364 g/mol. The molecule has 2 amide bonds. The van der Waals surface area contributed by atoms with Crippen molar-refractivity contribution in [1.29, 1.82) is 0 Å². The largest absolute Gasteiger partial charge is 0.273 e. The number of hydrazine groups is 1. The molecule has 0 spiro atoms. The van der Waals surface area contributed by atoms with Crippen molar-refractivity contribution in [2.45, 2.75) is 43.9 Å². The van der Waals surface area contributed by atoms with Crippen molar-refractivity contribution in [3.05, 3.63) is 28.2 Å². The molecule has 6 heteroatoms. The Kier molecular flexibility index (Phi) is 6.76. The van der Waals surface area contributed by atoms with E-state index in [1.807, 2.05) is 25.1 Å². The summed E-state index contributed by atoms with van der Waals surface area (Å²) < 4.78 is 1.03. The molecule has 0 aromatic heterocycles. The van der Waals surface area contributed by atoms with E-state index in [0.717, 1.165) is 40.6 Å². The van der Waals surface area contributed by atoms with E-state index in [0.29, 0.717) is 0 Å². The Balaban J connectivity index is 1.72. The molecule has 1 aliphatic rings. The third-order valence-corrected chi connectivity index (χ3v) is 5.47. The fourth-order valence-corrected chi connectivity index (χ4v) is 3.84. The maximum atomic E-state index is 11.9. The maximum absolute atomic E-state index is 11.9. The fourth-order valence-electron chi connectivity index (χ4n) is 2.55. The molecule has 0 bridgehead atoms. The maximum Gasteiger partial charge on any atom is 0.248 e. The van der Waals surface area contributed by atoms with Crippen molar-refractivity contribution in [3.8, 4) is 0 Å². The summed E-state index contributed by atoms with van der Waals surface area (Å²) >= 11 is 4.89. The highest BCUT2D eigenvalue weighted by Gasteiger charge is 2.21. The third kappa shape index (κ3) is 5.32. The fraction of sp³-hybridized carbons (Fsp3) is 0.500. The van der Waals surface area contributed by atoms with Gasteiger partial charge in [-0.15, -0.1) is 11.8 Å². The third-order valence-electron chi connectivity index (χ3n) is 3.80. The number of rotatable bonds is 4. The van der Waals surface area contributed by atoms with Gasteiger partial charge < -0.3 is 0 Å². The minimum absolute atomic E-state index is 0.0513. The second-order valence-corrected chi connectivity index (χ2v) is 7.50. The molecule has 4 nitrogen and oxygen atoms in total. The van der Waals surface area contributed by atoms with Gasteiger partial charge in [0.1, 0.15) is 0 Å². The van der Waals surface area contributed by atoms with Crippen molar-refractivity contribution in [2.24, 2.45) is 5.92 Å². The van der Waals surface area contributed by atoms with Crippen molar-refractivity contribution in [2.75, 3.05) is 5.75 Å². The van der Waals surface area contributed by atoms with Crippen LogP contribution in [-0.4, -0.2) is 17.6 Å². The summed E-state index contributed by atoms with van der Waals surface area (Å²) in [6, 6.07) is 5.96. The standard InChI is InChI=1S/C16H21BrN2O2S/c1-11-9-13(17)7-8-14(11)22-10-15(20)18-19-16(21)12-5-3-2-4-6-12/h7-9,12H,2-6,10H2,1H3,(H,18,20)(H,19,21). The number of halogens is 1. The van der Waals surface area contributed by atoms with E-state index in [2.05, 4.69) is 26.8 Å². The lowest BCUT2D eigenvalue weighted by Crippen LogP contribution is -2.45. The molecule has 1 saturated carbocycles. The summed E-state index contributed by atoms with van der Waals surface area (Å²) in [5.74, 6) is 0.0951. The van der Waals surface area contributed by atoms with Gasteiger partial charge in [0.05, 0.1) is 5.75 Å². The monoisotopic (exact) mass is 384 g/mol. The van der Waals surface area contributed by atoms with Crippen LogP contribution in [-0.2, 0) is 9.59 Å². The first-order chi connectivity index (χ1) is 10.6. The smallest absolute Gasteiger partial charge is 0.248 e. The SMILES string of the molecule is Cc1cc(Br)ccc1SCC(=O)NNC(=O)C1CCCCC1. The lowest BCUT2D eigenvalue weighted by atomic mass is 9.89. The summed E-state index contributed by atoms with van der Waals surface area (Å²) in [5, 5.41) is 0. The van der Waals surface area contributed by atoms with Crippen LogP contribution in [0.15, 0.2) is 27.6 Å². The van der Waals surface area contributed by atoms with Crippen LogP contribution in [0.2, 0.25) is 0 Å². The van der Waals surface area contributed by atoms with Crippen LogP contribution >= 0.6 is 27.7 Å². The number of thioether (sulfide) groups is 1. The number of carbonyl (C=O) groups is 2. The van der Waals surface area contributed by atoms with E-state index >= 15 is 0 Å². The number of hydrogen-bond acceptors (Lipinski definition) is 3. The van der Waals surface area contributed by atoms with Crippen molar-refractivity contribution in [1.82, 2.24) is 10.9 Å². The highest BCUT2D eigenvalue weighted by atomic mass is 79.9. The van der Waals surface area contributed by atoms with E-state index in [9.17, 15) is 9.59 Å². The topological polar surface area (TPSA) is 58.2 Å². The van der Waals surface area contributed by atoms with Gasteiger partial charge in [-0.2, -0.15) is 0 Å². The van der Waals surface area contributed by atoms with Crippen LogP contribution in [0.4, 0.5) is 0 Å².